The first-order chi connectivity index (χ1) is 11.6. The first kappa shape index (κ1) is 16.8. The lowest BCUT2D eigenvalue weighted by Gasteiger charge is -2.32. The van der Waals surface area contributed by atoms with Crippen LogP contribution in [0.15, 0.2) is 30.9 Å². The van der Waals surface area contributed by atoms with Crippen LogP contribution in [0, 0.1) is 0 Å². The Morgan fingerprint density at radius 3 is 2.79 bits per heavy atom. The fourth-order valence-corrected chi connectivity index (χ4v) is 3.05. The molecule has 1 aliphatic heterocycles. The van der Waals surface area contributed by atoms with Crippen molar-refractivity contribution in [1.29, 1.82) is 0 Å². The maximum atomic E-state index is 12.3. The van der Waals surface area contributed by atoms with E-state index in [0.29, 0.717) is 17.2 Å². The minimum atomic E-state index is 0.104. The van der Waals surface area contributed by atoms with Crippen molar-refractivity contribution in [3.8, 4) is 5.75 Å². The number of likely N-dealkylation sites (tertiary alicyclic amines) is 1. The first-order valence-corrected chi connectivity index (χ1v) is 8.50. The molecule has 24 heavy (non-hydrogen) atoms. The highest BCUT2D eigenvalue weighted by Crippen LogP contribution is 2.21. The standard InChI is InChI=1S/C17H21ClN4O2/c1-21-12-13(9-20-21)2-3-17(23)22-6-4-15(5-7-22)24-16-8-14(18)10-19-11-16/h8-12,15H,2-7H2,1H3. The summed E-state index contributed by atoms with van der Waals surface area (Å²) in [6, 6.07) is 1.76. The molecule has 1 amide bonds. The number of halogens is 1. The van der Waals surface area contributed by atoms with Gasteiger partial charge in [0.2, 0.25) is 5.91 Å². The van der Waals surface area contributed by atoms with E-state index in [2.05, 4.69) is 10.1 Å². The van der Waals surface area contributed by atoms with Crippen LogP contribution in [-0.2, 0) is 18.3 Å². The van der Waals surface area contributed by atoms with Gasteiger partial charge < -0.3 is 9.64 Å². The largest absolute Gasteiger partial charge is 0.489 e. The molecule has 0 atom stereocenters. The number of piperidine rings is 1. The first-order valence-electron chi connectivity index (χ1n) is 8.12. The van der Waals surface area contributed by atoms with Crippen LogP contribution < -0.4 is 4.74 Å². The number of amides is 1. The van der Waals surface area contributed by atoms with Crippen molar-refractivity contribution in [2.45, 2.75) is 31.8 Å². The molecule has 2 aromatic rings. The van der Waals surface area contributed by atoms with Crippen LogP contribution in [0.3, 0.4) is 0 Å². The number of carbonyl (C=O) groups excluding carboxylic acids is 1. The van der Waals surface area contributed by atoms with Crippen molar-refractivity contribution >= 4 is 17.5 Å². The van der Waals surface area contributed by atoms with Crippen LogP contribution >= 0.6 is 11.6 Å². The third kappa shape index (κ3) is 4.47. The maximum Gasteiger partial charge on any atom is 0.222 e. The Hall–Kier alpha value is -2.08. The van der Waals surface area contributed by atoms with E-state index < -0.39 is 0 Å². The van der Waals surface area contributed by atoms with Gasteiger partial charge in [-0.2, -0.15) is 5.10 Å². The molecular weight excluding hydrogens is 328 g/mol. The van der Waals surface area contributed by atoms with Crippen LogP contribution in [-0.4, -0.2) is 44.8 Å². The highest BCUT2D eigenvalue weighted by molar-refractivity contribution is 6.30. The van der Waals surface area contributed by atoms with Crippen LogP contribution in [0.4, 0.5) is 0 Å². The molecule has 1 aliphatic rings. The second-order valence-corrected chi connectivity index (χ2v) is 6.50. The van der Waals surface area contributed by atoms with Crippen LogP contribution in [0.2, 0.25) is 5.02 Å². The molecule has 1 fully saturated rings. The van der Waals surface area contributed by atoms with Crippen molar-refractivity contribution in [2.24, 2.45) is 7.05 Å². The molecule has 3 rings (SSSR count). The quantitative estimate of drug-likeness (QED) is 0.832. The van der Waals surface area contributed by atoms with E-state index in [4.69, 9.17) is 16.3 Å². The number of hydrogen-bond donors (Lipinski definition) is 0. The van der Waals surface area contributed by atoms with Crippen LogP contribution in [0.1, 0.15) is 24.8 Å². The zero-order chi connectivity index (χ0) is 16.9. The summed E-state index contributed by atoms with van der Waals surface area (Å²) in [7, 11) is 1.88. The van der Waals surface area contributed by atoms with Gasteiger partial charge in [0.1, 0.15) is 11.9 Å². The third-order valence-electron chi connectivity index (χ3n) is 4.16. The summed E-state index contributed by atoms with van der Waals surface area (Å²) in [6.07, 6.45) is 10.0. The Morgan fingerprint density at radius 1 is 1.33 bits per heavy atom. The molecule has 0 unspecified atom stereocenters. The molecule has 6 nitrogen and oxygen atoms in total. The SMILES string of the molecule is Cn1cc(CCC(=O)N2CCC(Oc3cncc(Cl)c3)CC2)cn1. The minimum absolute atomic E-state index is 0.104. The number of hydrogen-bond acceptors (Lipinski definition) is 4. The molecule has 128 valence electrons. The van der Waals surface area contributed by atoms with E-state index in [1.54, 1.807) is 23.1 Å². The molecule has 0 aromatic carbocycles. The lowest BCUT2D eigenvalue weighted by Crippen LogP contribution is -2.41. The second-order valence-electron chi connectivity index (χ2n) is 6.06. The average molecular weight is 349 g/mol. The minimum Gasteiger partial charge on any atom is -0.489 e. The molecule has 0 saturated carbocycles. The highest BCUT2D eigenvalue weighted by atomic mass is 35.5. The lowest BCUT2D eigenvalue weighted by molar-refractivity contribution is -0.132. The summed E-state index contributed by atoms with van der Waals surface area (Å²) in [5.41, 5.74) is 1.09. The number of rotatable bonds is 5. The van der Waals surface area contributed by atoms with Crippen molar-refractivity contribution in [3.63, 3.8) is 0 Å². The van der Waals surface area contributed by atoms with Gasteiger partial charge in [-0.1, -0.05) is 11.6 Å². The zero-order valence-electron chi connectivity index (χ0n) is 13.7. The Balaban J connectivity index is 1.43. The molecule has 7 heteroatoms. The van der Waals surface area contributed by atoms with E-state index in [0.717, 1.165) is 37.9 Å². The number of aromatic nitrogens is 3. The fraction of sp³-hybridized carbons (Fsp3) is 0.471. The fourth-order valence-electron chi connectivity index (χ4n) is 2.88. The predicted octanol–water partition coefficient (Wildman–Crippen LogP) is 2.47. The highest BCUT2D eigenvalue weighted by Gasteiger charge is 2.23. The Morgan fingerprint density at radius 2 is 2.12 bits per heavy atom. The molecule has 0 radical (unpaired) electrons. The number of ether oxygens (including phenoxy) is 1. The van der Waals surface area contributed by atoms with Crippen molar-refractivity contribution in [1.82, 2.24) is 19.7 Å². The van der Waals surface area contributed by atoms with Gasteiger partial charge in [-0.25, -0.2) is 0 Å². The number of carbonyl (C=O) groups is 1. The van der Waals surface area contributed by atoms with Crippen LogP contribution in [0.25, 0.3) is 0 Å². The van der Waals surface area contributed by atoms with Gasteiger partial charge in [-0.15, -0.1) is 0 Å². The molecule has 0 spiro atoms. The smallest absolute Gasteiger partial charge is 0.222 e. The Kier molecular flexibility index (Phi) is 5.35. The zero-order valence-corrected chi connectivity index (χ0v) is 14.4. The monoisotopic (exact) mass is 348 g/mol. The predicted molar refractivity (Wildman–Crippen MR) is 91.0 cm³/mol. The topological polar surface area (TPSA) is 60.2 Å². The Labute approximate surface area is 146 Å². The van der Waals surface area contributed by atoms with Crippen LogP contribution in [0.5, 0.6) is 5.75 Å². The molecule has 0 aliphatic carbocycles. The average Bonchev–Trinajstić information content (AvgIpc) is 2.99. The van der Waals surface area contributed by atoms with Gasteiger partial charge in [0.15, 0.2) is 0 Å². The summed E-state index contributed by atoms with van der Waals surface area (Å²) < 4.78 is 7.66. The van der Waals surface area contributed by atoms with Crippen molar-refractivity contribution < 1.29 is 9.53 Å². The van der Waals surface area contributed by atoms with Gasteiger partial charge in [-0.05, 0) is 12.0 Å². The van der Waals surface area contributed by atoms with E-state index in [9.17, 15) is 4.79 Å². The molecule has 0 bridgehead atoms. The normalized spacial score (nSPS) is 15.5. The molecule has 2 aromatic heterocycles. The van der Waals surface area contributed by atoms with Crippen molar-refractivity contribution in [3.05, 3.63) is 41.4 Å². The summed E-state index contributed by atoms with van der Waals surface area (Å²) in [5.74, 6) is 0.880. The van der Waals surface area contributed by atoms with E-state index >= 15 is 0 Å². The molecular formula is C17H21ClN4O2. The number of nitrogens with zero attached hydrogens (tertiary/aromatic N) is 4. The summed E-state index contributed by atoms with van der Waals surface area (Å²) in [6.45, 7) is 1.45. The molecule has 3 heterocycles. The van der Waals surface area contributed by atoms with Gasteiger partial charge in [-0.3, -0.25) is 14.5 Å². The third-order valence-corrected chi connectivity index (χ3v) is 4.37. The van der Waals surface area contributed by atoms with Crippen molar-refractivity contribution in [2.75, 3.05) is 13.1 Å². The summed E-state index contributed by atoms with van der Waals surface area (Å²) in [5, 5.41) is 4.69. The number of aryl methyl sites for hydroxylation is 2. The second kappa shape index (κ2) is 7.66. The summed E-state index contributed by atoms with van der Waals surface area (Å²) in [4.78, 5) is 18.3. The Bertz CT molecular complexity index is 695. The maximum absolute atomic E-state index is 12.3. The summed E-state index contributed by atoms with van der Waals surface area (Å²) >= 11 is 5.91. The van der Waals surface area contributed by atoms with Gasteiger partial charge in [0, 0.05) is 57.9 Å². The lowest BCUT2D eigenvalue weighted by atomic mass is 10.1. The molecule has 1 saturated heterocycles. The number of pyridine rings is 1. The van der Waals surface area contributed by atoms with E-state index in [1.165, 1.54) is 0 Å². The van der Waals surface area contributed by atoms with E-state index in [1.807, 2.05) is 24.3 Å². The van der Waals surface area contributed by atoms with E-state index in [-0.39, 0.29) is 12.0 Å². The van der Waals surface area contributed by atoms with Gasteiger partial charge in [0.05, 0.1) is 17.4 Å². The van der Waals surface area contributed by atoms with Gasteiger partial charge >= 0.3 is 0 Å². The van der Waals surface area contributed by atoms with Gasteiger partial charge in [0.25, 0.3) is 0 Å². The molecule has 0 N–H and O–H groups in total.